The summed E-state index contributed by atoms with van der Waals surface area (Å²) in [5.74, 6) is 0.213. The molecule has 0 fully saturated rings. The summed E-state index contributed by atoms with van der Waals surface area (Å²) < 4.78 is 16.5. The van der Waals surface area contributed by atoms with E-state index in [1.165, 1.54) is 17.0 Å². The first-order valence-corrected chi connectivity index (χ1v) is 6.95. The van der Waals surface area contributed by atoms with Crippen LogP contribution in [0.2, 0.25) is 0 Å². The van der Waals surface area contributed by atoms with Gasteiger partial charge in [0.15, 0.2) is 5.67 Å². The molecule has 0 radical (unpaired) electrons. The minimum Gasteiger partial charge on any atom is -0.399 e. The Bertz CT molecular complexity index is 651. The first-order chi connectivity index (χ1) is 9.95. The summed E-state index contributed by atoms with van der Waals surface area (Å²) in [5.41, 5.74) is 4.66. The van der Waals surface area contributed by atoms with Crippen molar-refractivity contribution in [1.82, 2.24) is 14.5 Å². The van der Waals surface area contributed by atoms with Crippen molar-refractivity contribution in [2.24, 2.45) is 5.73 Å². The quantitative estimate of drug-likeness (QED) is 0.879. The molecule has 1 aliphatic rings. The zero-order chi connectivity index (χ0) is 15.6. The molecule has 21 heavy (non-hydrogen) atoms. The van der Waals surface area contributed by atoms with Crippen LogP contribution < -0.4 is 16.7 Å². The van der Waals surface area contributed by atoms with E-state index < -0.39 is 17.4 Å². The highest BCUT2D eigenvalue weighted by molar-refractivity contribution is 5.36. The summed E-state index contributed by atoms with van der Waals surface area (Å²) in [7, 11) is 1.62. The molecule has 114 valence electrons. The maximum absolute atomic E-state index is 15.3. The second kappa shape index (κ2) is 5.67. The Labute approximate surface area is 122 Å². The number of halogens is 1. The molecule has 0 saturated heterocycles. The molecule has 3 N–H and O–H groups in total. The largest absolute Gasteiger partial charge is 0.399 e. The van der Waals surface area contributed by atoms with Crippen molar-refractivity contribution in [2.75, 3.05) is 12.4 Å². The molecule has 2 atom stereocenters. The number of nitrogens with two attached hydrogens (primary N) is 1. The highest BCUT2D eigenvalue weighted by atomic mass is 19.1. The molecule has 1 heterocycles. The fraction of sp³-hybridized carbons (Fsp3) is 0.500. The molecule has 2 unspecified atom stereocenters. The molecule has 2 rings (SSSR count). The Balaban J connectivity index is 2.59. The molecular weight excluding hydrogens is 273 g/mol. The highest BCUT2D eigenvalue weighted by Crippen LogP contribution is 2.41. The van der Waals surface area contributed by atoms with Gasteiger partial charge in [0.05, 0.1) is 6.04 Å². The van der Waals surface area contributed by atoms with Gasteiger partial charge >= 0.3 is 5.69 Å². The van der Waals surface area contributed by atoms with Gasteiger partial charge in [0, 0.05) is 12.7 Å². The van der Waals surface area contributed by atoms with E-state index >= 15 is 4.39 Å². The van der Waals surface area contributed by atoms with Crippen molar-refractivity contribution < 1.29 is 4.39 Å². The molecule has 0 aliphatic heterocycles. The number of aromatic nitrogens is 3. The maximum Gasteiger partial charge on any atom is 0.352 e. The SMILES string of the molecule is CCC1=CC(N)=CC(F)(CC)C1n1cnc(NC)nc1=O. The van der Waals surface area contributed by atoms with E-state index in [1.807, 2.05) is 6.92 Å². The fourth-order valence-corrected chi connectivity index (χ4v) is 2.64. The molecule has 1 aromatic heterocycles. The van der Waals surface area contributed by atoms with Gasteiger partial charge in [-0.2, -0.15) is 4.98 Å². The molecule has 6 nitrogen and oxygen atoms in total. The smallest absolute Gasteiger partial charge is 0.352 e. The molecular formula is C14H20FN5O. The van der Waals surface area contributed by atoms with Crippen LogP contribution in [0.5, 0.6) is 0 Å². The van der Waals surface area contributed by atoms with Gasteiger partial charge in [-0.1, -0.05) is 13.8 Å². The number of nitrogens with one attached hydrogen (secondary N) is 1. The van der Waals surface area contributed by atoms with Gasteiger partial charge in [0.25, 0.3) is 0 Å². The summed E-state index contributed by atoms with van der Waals surface area (Å²) in [6.07, 6.45) is 5.21. The summed E-state index contributed by atoms with van der Waals surface area (Å²) in [5, 5.41) is 2.69. The van der Waals surface area contributed by atoms with E-state index in [2.05, 4.69) is 15.3 Å². The zero-order valence-corrected chi connectivity index (χ0v) is 12.4. The third-order valence-electron chi connectivity index (χ3n) is 3.74. The van der Waals surface area contributed by atoms with Crippen molar-refractivity contribution in [3.05, 3.63) is 40.2 Å². The molecule has 0 bridgehead atoms. The van der Waals surface area contributed by atoms with Gasteiger partial charge in [-0.3, -0.25) is 4.57 Å². The van der Waals surface area contributed by atoms with Crippen LogP contribution in [0, 0.1) is 0 Å². The zero-order valence-electron chi connectivity index (χ0n) is 12.4. The normalized spacial score (nSPS) is 25.2. The van der Waals surface area contributed by atoms with E-state index in [1.54, 1.807) is 20.0 Å². The van der Waals surface area contributed by atoms with Gasteiger partial charge in [0.2, 0.25) is 5.95 Å². The van der Waals surface area contributed by atoms with Gasteiger partial charge in [-0.15, -0.1) is 0 Å². The number of hydrogen-bond donors (Lipinski definition) is 2. The number of alkyl halides is 1. The molecule has 0 saturated carbocycles. The van der Waals surface area contributed by atoms with E-state index in [0.717, 1.165) is 5.57 Å². The predicted molar refractivity (Wildman–Crippen MR) is 79.7 cm³/mol. The lowest BCUT2D eigenvalue weighted by Crippen LogP contribution is -2.42. The average Bonchev–Trinajstić information content (AvgIpc) is 2.47. The second-order valence-electron chi connectivity index (χ2n) is 5.02. The van der Waals surface area contributed by atoms with Crippen LogP contribution in [0.25, 0.3) is 0 Å². The maximum atomic E-state index is 15.3. The van der Waals surface area contributed by atoms with Crippen LogP contribution in [0.1, 0.15) is 32.7 Å². The van der Waals surface area contributed by atoms with E-state index in [9.17, 15) is 4.79 Å². The standard InChI is InChI=1S/C14H20FN5O/c1-4-9-6-10(16)7-14(15,5-2)11(9)20-8-18-12(17-3)19-13(20)21/h6-8,11H,4-5,16H2,1-3H3,(H,17,19,21). The molecule has 0 amide bonds. The van der Waals surface area contributed by atoms with Crippen LogP contribution in [-0.4, -0.2) is 27.3 Å². The van der Waals surface area contributed by atoms with Gasteiger partial charge in [-0.05, 0) is 30.6 Å². The molecule has 7 heteroatoms. The topological polar surface area (TPSA) is 85.8 Å². The first-order valence-electron chi connectivity index (χ1n) is 6.95. The van der Waals surface area contributed by atoms with Crippen molar-refractivity contribution >= 4 is 5.95 Å². The van der Waals surface area contributed by atoms with Crippen LogP contribution in [0.4, 0.5) is 10.3 Å². The Morgan fingerprint density at radius 2 is 2.24 bits per heavy atom. The minimum absolute atomic E-state index is 0.204. The van der Waals surface area contributed by atoms with Gasteiger partial charge < -0.3 is 11.1 Å². The molecule has 0 spiro atoms. The molecule has 1 aliphatic carbocycles. The highest BCUT2D eigenvalue weighted by Gasteiger charge is 2.42. The first kappa shape index (κ1) is 15.2. The fourth-order valence-electron chi connectivity index (χ4n) is 2.64. The third-order valence-corrected chi connectivity index (χ3v) is 3.74. The van der Waals surface area contributed by atoms with E-state index in [-0.39, 0.29) is 12.4 Å². The Morgan fingerprint density at radius 1 is 1.52 bits per heavy atom. The van der Waals surface area contributed by atoms with E-state index in [4.69, 9.17) is 5.73 Å². The van der Waals surface area contributed by atoms with Crippen LogP contribution in [0.15, 0.2) is 34.5 Å². The Hall–Kier alpha value is -2.18. The van der Waals surface area contributed by atoms with Crippen LogP contribution >= 0.6 is 0 Å². The van der Waals surface area contributed by atoms with Crippen LogP contribution in [0.3, 0.4) is 0 Å². The number of hydrogen-bond acceptors (Lipinski definition) is 5. The lowest BCUT2D eigenvalue weighted by molar-refractivity contribution is 0.146. The Morgan fingerprint density at radius 3 is 2.76 bits per heavy atom. The van der Waals surface area contributed by atoms with Crippen LogP contribution in [-0.2, 0) is 0 Å². The summed E-state index contributed by atoms with van der Waals surface area (Å²) in [4.78, 5) is 20.0. The van der Waals surface area contributed by atoms with E-state index in [0.29, 0.717) is 12.1 Å². The van der Waals surface area contributed by atoms with Gasteiger partial charge in [0.1, 0.15) is 6.33 Å². The molecule has 1 aromatic rings. The third kappa shape index (κ3) is 2.68. The summed E-state index contributed by atoms with van der Waals surface area (Å²) >= 11 is 0. The summed E-state index contributed by atoms with van der Waals surface area (Å²) in [6, 6.07) is -0.766. The monoisotopic (exact) mass is 293 g/mol. The van der Waals surface area contributed by atoms with Crippen molar-refractivity contribution in [3.8, 4) is 0 Å². The predicted octanol–water partition coefficient (Wildman–Crippen LogP) is 1.53. The van der Waals surface area contributed by atoms with Crippen molar-refractivity contribution in [2.45, 2.75) is 38.4 Å². The van der Waals surface area contributed by atoms with Gasteiger partial charge in [-0.25, -0.2) is 14.2 Å². The number of rotatable bonds is 4. The van der Waals surface area contributed by atoms with Crippen molar-refractivity contribution in [3.63, 3.8) is 0 Å². The van der Waals surface area contributed by atoms with Crippen molar-refractivity contribution in [1.29, 1.82) is 0 Å². The lowest BCUT2D eigenvalue weighted by Gasteiger charge is -2.36. The lowest BCUT2D eigenvalue weighted by atomic mass is 9.81. The Kier molecular flexibility index (Phi) is 4.11. The minimum atomic E-state index is -1.72. The second-order valence-corrected chi connectivity index (χ2v) is 5.02. The number of anilines is 1. The average molecular weight is 293 g/mol. The number of allylic oxidation sites excluding steroid dienone is 3. The molecule has 0 aromatic carbocycles. The summed E-state index contributed by atoms with van der Waals surface area (Å²) in [6.45, 7) is 3.63. The number of nitrogens with zero attached hydrogens (tertiary/aromatic N) is 3.